The van der Waals surface area contributed by atoms with Crippen molar-refractivity contribution in [1.82, 2.24) is 14.9 Å². The van der Waals surface area contributed by atoms with E-state index >= 15 is 0 Å². The highest BCUT2D eigenvalue weighted by Gasteiger charge is 2.26. The molecule has 2 heterocycles. The molecule has 2 aliphatic rings. The number of aromatic nitrogens is 2. The first-order valence-electron chi connectivity index (χ1n) is 8.41. The molecular weight excluding hydrogens is 292 g/mol. The molecule has 1 aromatic heterocycles. The molecule has 0 aromatic carbocycles. The van der Waals surface area contributed by atoms with E-state index in [1.807, 2.05) is 0 Å². The van der Waals surface area contributed by atoms with E-state index in [9.17, 15) is 4.79 Å². The van der Waals surface area contributed by atoms with E-state index < -0.39 is 5.97 Å². The molecule has 1 saturated heterocycles. The van der Waals surface area contributed by atoms with Crippen molar-refractivity contribution < 1.29 is 9.90 Å². The van der Waals surface area contributed by atoms with Crippen LogP contribution in [0.5, 0.6) is 0 Å². The molecule has 0 spiro atoms. The number of carboxylic acid groups (broad SMARTS) is 1. The summed E-state index contributed by atoms with van der Waals surface area (Å²) >= 11 is 0. The van der Waals surface area contributed by atoms with E-state index in [0.717, 1.165) is 37.3 Å². The van der Waals surface area contributed by atoms with Crippen LogP contribution in [-0.4, -0.2) is 51.6 Å². The molecule has 0 bridgehead atoms. The van der Waals surface area contributed by atoms with Crippen LogP contribution < -0.4 is 5.32 Å². The van der Waals surface area contributed by atoms with Crippen LogP contribution in [0.15, 0.2) is 18.5 Å². The van der Waals surface area contributed by atoms with Crippen LogP contribution in [-0.2, 0) is 4.79 Å². The first-order chi connectivity index (χ1) is 11.2. The normalized spacial score (nSPS) is 22.9. The minimum absolute atomic E-state index is 0.422. The van der Waals surface area contributed by atoms with E-state index in [4.69, 9.17) is 5.11 Å². The van der Waals surface area contributed by atoms with Gasteiger partial charge in [-0.05, 0) is 31.3 Å². The molecule has 2 fully saturated rings. The summed E-state index contributed by atoms with van der Waals surface area (Å²) in [5, 5.41) is 12.0. The number of carbonyl (C=O) groups is 1. The van der Waals surface area contributed by atoms with E-state index in [1.165, 1.54) is 38.3 Å². The second-order valence-electron chi connectivity index (χ2n) is 6.54. The third kappa shape index (κ3) is 4.76. The van der Waals surface area contributed by atoms with Gasteiger partial charge in [0.2, 0.25) is 0 Å². The molecule has 3 rings (SSSR count). The van der Waals surface area contributed by atoms with Crippen LogP contribution in [0.2, 0.25) is 0 Å². The average Bonchev–Trinajstić information content (AvgIpc) is 3.19. The molecule has 1 aromatic rings. The monoisotopic (exact) mass is 316 g/mol. The number of anilines is 1. The van der Waals surface area contributed by atoms with Crippen molar-refractivity contribution in [3.63, 3.8) is 0 Å². The summed E-state index contributed by atoms with van der Waals surface area (Å²) in [7, 11) is 0. The Morgan fingerprint density at radius 2 is 2.13 bits per heavy atom. The first kappa shape index (κ1) is 15.9. The van der Waals surface area contributed by atoms with Crippen molar-refractivity contribution >= 4 is 17.9 Å². The van der Waals surface area contributed by atoms with Gasteiger partial charge >= 0.3 is 5.97 Å². The molecule has 0 radical (unpaired) electrons. The molecule has 2 N–H and O–H groups in total. The minimum Gasteiger partial charge on any atom is -0.478 e. The third-order valence-corrected chi connectivity index (χ3v) is 4.68. The quantitative estimate of drug-likeness (QED) is 0.784. The predicted molar refractivity (Wildman–Crippen MR) is 89.1 cm³/mol. The maximum absolute atomic E-state index is 10.5. The van der Waals surface area contributed by atoms with Gasteiger partial charge in [-0.2, -0.15) is 0 Å². The lowest BCUT2D eigenvalue weighted by Crippen LogP contribution is -2.30. The van der Waals surface area contributed by atoms with E-state index in [-0.39, 0.29) is 0 Å². The van der Waals surface area contributed by atoms with Gasteiger partial charge < -0.3 is 15.3 Å². The van der Waals surface area contributed by atoms with Gasteiger partial charge in [-0.3, -0.25) is 4.98 Å². The minimum atomic E-state index is -0.984. The molecule has 1 aliphatic heterocycles. The summed E-state index contributed by atoms with van der Waals surface area (Å²) in [6.07, 6.45) is 12.5. The Balaban J connectivity index is 1.47. The molecule has 1 atom stereocenters. The third-order valence-electron chi connectivity index (χ3n) is 4.68. The smallest absolute Gasteiger partial charge is 0.328 e. The zero-order valence-electron chi connectivity index (χ0n) is 13.3. The highest BCUT2D eigenvalue weighted by molar-refractivity contribution is 5.84. The number of carboxylic acids is 1. The van der Waals surface area contributed by atoms with Gasteiger partial charge in [0.25, 0.3) is 0 Å². The van der Waals surface area contributed by atoms with Gasteiger partial charge in [0, 0.05) is 31.8 Å². The predicted octanol–water partition coefficient (Wildman–Crippen LogP) is 2.25. The lowest BCUT2D eigenvalue weighted by atomic mass is 10.1. The van der Waals surface area contributed by atoms with Crippen molar-refractivity contribution in [3.8, 4) is 0 Å². The number of hydrogen-bond donors (Lipinski definition) is 2. The summed E-state index contributed by atoms with van der Waals surface area (Å²) < 4.78 is 0. The van der Waals surface area contributed by atoms with Crippen LogP contribution in [0.4, 0.5) is 5.82 Å². The van der Waals surface area contributed by atoms with Crippen molar-refractivity contribution in [1.29, 1.82) is 0 Å². The summed E-state index contributed by atoms with van der Waals surface area (Å²) in [6.45, 7) is 3.46. The van der Waals surface area contributed by atoms with Gasteiger partial charge in [-0.25, -0.2) is 9.78 Å². The molecule has 0 unspecified atom stereocenters. The maximum Gasteiger partial charge on any atom is 0.328 e. The topological polar surface area (TPSA) is 78.3 Å². The summed E-state index contributed by atoms with van der Waals surface area (Å²) in [5.41, 5.74) is 0.548. The number of aliphatic carboxylic acids is 1. The SMILES string of the molecule is O=C(O)/C=C/c1cnc(N[C@@H]2CCN(CC3CCCC3)C2)cn1. The van der Waals surface area contributed by atoms with Crippen LogP contribution in [0.3, 0.4) is 0 Å². The fourth-order valence-corrected chi connectivity index (χ4v) is 3.54. The molecule has 124 valence electrons. The van der Waals surface area contributed by atoms with Crippen LogP contribution >= 0.6 is 0 Å². The second kappa shape index (κ2) is 7.55. The zero-order valence-corrected chi connectivity index (χ0v) is 13.3. The Morgan fingerprint density at radius 1 is 1.30 bits per heavy atom. The second-order valence-corrected chi connectivity index (χ2v) is 6.54. The zero-order chi connectivity index (χ0) is 16.1. The van der Waals surface area contributed by atoms with Crippen LogP contribution in [0.1, 0.15) is 37.8 Å². The van der Waals surface area contributed by atoms with E-state index in [2.05, 4.69) is 20.2 Å². The van der Waals surface area contributed by atoms with E-state index in [1.54, 1.807) is 12.4 Å². The van der Waals surface area contributed by atoms with Crippen molar-refractivity contribution in [2.45, 2.75) is 38.1 Å². The Bertz CT molecular complexity index is 552. The highest BCUT2D eigenvalue weighted by atomic mass is 16.4. The molecule has 23 heavy (non-hydrogen) atoms. The highest BCUT2D eigenvalue weighted by Crippen LogP contribution is 2.27. The Labute approximate surface area is 136 Å². The average molecular weight is 316 g/mol. The van der Waals surface area contributed by atoms with E-state index in [0.29, 0.717) is 11.7 Å². The molecule has 0 amide bonds. The summed E-state index contributed by atoms with van der Waals surface area (Å²) in [4.78, 5) is 21.6. The van der Waals surface area contributed by atoms with Gasteiger partial charge in [-0.1, -0.05) is 12.8 Å². The first-order valence-corrected chi connectivity index (χ1v) is 8.41. The van der Waals surface area contributed by atoms with Gasteiger partial charge in [0.05, 0.1) is 18.1 Å². The molecular formula is C17H24N4O2. The Hall–Kier alpha value is -1.95. The van der Waals surface area contributed by atoms with Crippen molar-refractivity contribution in [2.24, 2.45) is 5.92 Å². The number of nitrogens with one attached hydrogen (secondary N) is 1. The number of rotatable bonds is 6. The lowest BCUT2D eigenvalue weighted by molar-refractivity contribution is -0.131. The number of hydrogen-bond acceptors (Lipinski definition) is 5. The molecule has 6 heteroatoms. The summed E-state index contributed by atoms with van der Waals surface area (Å²) in [5.74, 6) is 0.668. The van der Waals surface area contributed by atoms with Crippen molar-refractivity contribution in [3.05, 3.63) is 24.2 Å². The fourth-order valence-electron chi connectivity index (χ4n) is 3.54. The number of likely N-dealkylation sites (tertiary alicyclic amines) is 1. The van der Waals surface area contributed by atoms with Gasteiger partial charge in [0.15, 0.2) is 0 Å². The van der Waals surface area contributed by atoms with Gasteiger partial charge in [-0.15, -0.1) is 0 Å². The molecule has 6 nitrogen and oxygen atoms in total. The standard InChI is InChI=1S/C17H24N4O2/c22-17(23)6-5-14-9-19-16(10-18-14)20-15-7-8-21(12-15)11-13-3-1-2-4-13/h5-6,9-10,13,15H,1-4,7-8,11-12H2,(H,19,20)(H,22,23)/b6-5+/t15-/m1/s1. The lowest BCUT2D eigenvalue weighted by Gasteiger charge is -2.20. The molecule has 1 saturated carbocycles. The fraction of sp³-hybridized carbons (Fsp3) is 0.588. The maximum atomic E-state index is 10.5. The largest absolute Gasteiger partial charge is 0.478 e. The molecule has 1 aliphatic carbocycles. The van der Waals surface area contributed by atoms with Crippen LogP contribution in [0, 0.1) is 5.92 Å². The Morgan fingerprint density at radius 3 is 2.83 bits per heavy atom. The van der Waals surface area contributed by atoms with Crippen LogP contribution in [0.25, 0.3) is 6.08 Å². The number of nitrogens with zero attached hydrogens (tertiary/aromatic N) is 3. The van der Waals surface area contributed by atoms with Gasteiger partial charge in [0.1, 0.15) is 5.82 Å². The summed E-state index contributed by atoms with van der Waals surface area (Å²) in [6, 6.07) is 0.422. The van der Waals surface area contributed by atoms with Crippen molar-refractivity contribution in [2.75, 3.05) is 25.0 Å². The Kier molecular flexibility index (Phi) is 5.23.